The summed E-state index contributed by atoms with van der Waals surface area (Å²) in [4.78, 5) is 16.4. The first-order valence-corrected chi connectivity index (χ1v) is 7.13. The van der Waals surface area contributed by atoms with Crippen molar-refractivity contribution in [2.75, 3.05) is 18.9 Å². The first-order chi connectivity index (χ1) is 9.19. The van der Waals surface area contributed by atoms with Crippen LogP contribution in [0.4, 0.5) is 5.82 Å². The van der Waals surface area contributed by atoms with Gasteiger partial charge in [0.05, 0.1) is 0 Å². The number of carbonyl (C=O) groups is 1. The molecule has 0 unspecified atom stereocenters. The van der Waals surface area contributed by atoms with E-state index in [1.54, 1.807) is 6.07 Å². The molecule has 0 aliphatic heterocycles. The maximum absolute atomic E-state index is 12.1. The van der Waals surface area contributed by atoms with E-state index in [9.17, 15) is 4.79 Å². The molecule has 1 aliphatic rings. The molecule has 1 fully saturated rings. The van der Waals surface area contributed by atoms with Gasteiger partial charge in [0, 0.05) is 24.8 Å². The van der Waals surface area contributed by atoms with E-state index in [4.69, 9.17) is 0 Å². The number of anilines is 1. The topological polar surface area (TPSA) is 54.0 Å². The molecule has 0 bridgehead atoms. The van der Waals surface area contributed by atoms with Gasteiger partial charge in [0.15, 0.2) is 0 Å². The zero-order valence-electron chi connectivity index (χ0n) is 11.8. The van der Waals surface area contributed by atoms with Crippen molar-refractivity contribution < 1.29 is 4.79 Å². The summed E-state index contributed by atoms with van der Waals surface area (Å²) < 4.78 is 0. The molecule has 0 spiro atoms. The van der Waals surface area contributed by atoms with Crippen LogP contribution >= 0.6 is 0 Å². The Kier molecular flexibility index (Phi) is 4.77. The van der Waals surface area contributed by atoms with Crippen LogP contribution in [-0.2, 0) is 0 Å². The predicted molar refractivity (Wildman–Crippen MR) is 77.4 cm³/mol. The minimum atomic E-state index is -0.00000283. The van der Waals surface area contributed by atoms with Gasteiger partial charge in [-0.05, 0) is 31.4 Å². The minimum absolute atomic E-state index is 0.00000283. The smallest absolute Gasteiger partial charge is 0.251 e. The highest BCUT2D eigenvalue weighted by Crippen LogP contribution is 2.26. The third-order valence-electron chi connectivity index (χ3n) is 3.78. The molecule has 0 saturated heterocycles. The van der Waals surface area contributed by atoms with Crippen LogP contribution in [0.5, 0.6) is 0 Å². The number of pyridine rings is 1. The first kappa shape index (κ1) is 13.8. The van der Waals surface area contributed by atoms with Gasteiger partial charge in [-0.3, -0.25) is 4.79 Å². The molecule has 1 amide bonds. The number of aromatic nitrogens is 1. The van der Waals surface area contributed by atoms with Crippen molar-refractivity contribution in [2.45, 2.75) is 39.0 Å². The van der Waals surface area contributed by atoms with Crippen LogP contribution < -0.4 is 10.6 Å². The van der Waals surface area contributed by atoms with Crippen LogP contribution in [0, 0.1) is 12.8 Å². The van der Waals surface area contributed by atoms with Crippen molar-refractivity contribution in [1.29, 1.82) is 0 Å². The fourth-order valence-corrected chi connectivity index (χ4v) is 2.72. The van der Waals surface area contributed by atoms with Crippen LogP contribution in [0.1, 0.15) is 48.2 Å². The molecule has 1 heterocycles. The van der Waals surface area contributed by atoms with Gasteiger partial charge >= 0.3 is 0 Å². The molecule has 4 nitrogen and oxygen atoms in total. The van der Waals surface area contributed by atoms with Gasteiger partial charge in [-0.25, -0.2) is 4.98 Å². The van der Waals surface area contributed by atoms with E-state index in [0.29, 0.717) is 5.56 Å². The quantitative estimate of drug-likeness (QED) is 0.857. The van der Waals surface area contributed by atoms with Gasteiger partial charge in [-0.1, -0.05) is 25.7 Å². The number of nitrogens with zero attached hydrogens (tertiary/aromatic N) is 1. The molecule has 4 heteroatoms. The minimum Gasteiger partial charge on any atom is -0.373 e. The van der Waals surface area contributed by atoms with Crippen molar-refractivity contribution in [3.63, 3.8) is 0 Å². The second-order valence-electron chi connectivity index (χ2n) is 5.33. The lowest BCUT2D eigenvalue weighted by Crippen LogP contribution is -2.26. The van der Waals surface area contributed by atoms with Crippen LogP contribution in [0.3, 0.4) is 0 Å². The normalized spacial score (nSPS) is 15.5. The number of nitrogens with one attached hydrogen (secondary N) is 2. The third kappa shape index (κ3) is 3.94. The largest absolute Gasteiger partial charge is 0.373 e. The zero-order chi connectivity index (χ0) is 13.7. The van der Waals surface area contributed by atoms with E-state index in [1.807, 2.05) is 20.0 Å². The Balaban J connectivity index is 1.86. The first-order valence-electron chi connectivity index (χ1n) is 7.13. The molecule has 1 saturated carbocycles. The third-order valence-corrected chi connectivity index (χ3v) is 3.78. The Morgan fingerprint density at radius 3 is 2.79 bits per heavy atom. The Morgan fingerprint density at radius 1 is 1.37 bits per heavy atom. The number of carbonyl (C=O) groups excluding carboxylic acids is 1. The summed E-state index contributed by atoms with van der Waals surface area (Å²) >= 11 is 0. The molecule has 0 atom stereocenters. The molecular formula is C15H23N3O. The maximum Gasteiger partial charge on any atom is 0.251 e. The maximum atomic E-state index is 12.1. The lowest BCUT2D eigenvalue weighted by molar-refractivity contribution is 0.0951. The van der Waals surface area contributed by atoms with Crippen molar-refractivity contribution in [3.05, 3.63) is 23.4 Å². The molecular weight excluding hydrogens is 238 g/mol. The number of aryl methyl sites for hydroxylation is 1. The van der Waals surface area contributed by atoms with Crippen LogP contribution in [0.15, 0.2) is 12.1 Å². The molecule has 0 aromatic carbocycles. The Hall–Kier alpha value is -1.58. The van der Waals surface area contributed by atoms with E-state index < -0.39 is 0 Å². The van der Waals surface area contributed by atoms with Crippen molar-refractivity contribution in [3.8, 4) is 0 Å². The van der Waals surface area contributed by atoms with Gasteiger partial charge in [0.1, 0.15) is 5.82 Å². The van der Waals surface area contributed by atoms with E-state index in [-0.39, 0.29) is 5.91 Å². The number of rotatable bonds is 5. The molecule has 2 rings (SSSR count). The van der Waals surface area contributed by atoms with Crippen molar-refractivity contribution in [2.24, 2.45) is 5.92 Å². The molecule has 19 heavy (non-hydrogen) atoms. The lowest BCUT2D eigenvalue weighted by atomic mass is 10.0. The Bertz CT molecular complexity index is 439. The van der Waals surface area contributed by atoms with Gasteiger partial charge in [-0.2, -0.15) is 0 Å². The molecule has 0 radical (unpaired) electrons. The van der Waals surface area contributed by atoms with Crippen LogP contribution in [0.25, 0.3) is 0 Å². The summed E-state index contributed by atoms with van der Waals surface area (Å²) in [5.41, 5.74) is 1.54. The fraction of sp³-hybridized carbons (Fsp3) is 0.600. The van der Waals surface area contributed by atoms with Gasteiger partial charge in [0.2, 0.25) is 0 Å². The predicted octanol–water partition coefficient (Wildman–Crippen LogP) is 2.74. The summed E-state index contributed by atoms with van der Waals surface area (Å²) in [6.07, 6.45) is 6.47. The molecule has 2 N–H and O–H groups in total. The lowest BCUT2D eigenvalue weighted by Gasteiger charge is -2.11. The molecule has 1 aromatic heterocycles. The zero-order valence-corrected chi connectivity index (χ0v) is 11.8. The highest BCUT2D eigenvalue weighted by molar-refractivity contribution is 5.94. The highest BCUT2D eigenvalue weighted by Gasteiger charge is 2.15. The summed E-state index contributed by atoms with van der Waals surface area (Å²) in [5.74, 6) is 1.55. The van der Waals surface area contributed by atoms with E-state index in [2.05, 4.69) is 15.6 Å². The number of hydrogen-bond acceptors (Lipinski definition) is 3. The van der Waals surface area contributed by atoms with Gasteiger partial charge in [-0.15, -0.1) is 0 Å². The summed E-state index contributed by atoms with van der Waals surface area (Å²) in [5, 5.41) is 5.98. The SMILES string of the molecule is CNc1cc(C(=O)NCCC2CCCC2)cc(C)n1. The summed E-state index contributed by atoms with van der Waals surface area (Å²) in [6, 6.07) is 3.61. The van der Waals surface area contributed by atoms with Crippen molar-refractivity contribution in [1.82, 2.24) is 10.3 Å². The average Bonchev–Trinajstić information content (AvgIpc) is 2.91. The molecule has 1 aromatic rings. The average molecular weight is 261 g/mol. The number of amides is 1. The Labute approximate surface area is 115 Å². The van der Waals surface area contributed by atoms with Crippen LogP contribution in [0.2, 0.25) is 0 Å². The molecule has 104 valence electrons. The van der Waals surface area contributed by atoms with Gasteiger partial charge < -0.3 is 10.6 Å². The monoisotopic (exact) mass is 261 g/mol. The van der Waals surface area contributed by atoms with E-state index >= 15 is 0 Å². The van der Waals surface area contributed by atoms with Gasteiger partial charge in [0.25, 0.3) is 5.91 Å². The van der Waals surface area contributed by atoms with E-state index in [1.165, 1.54) is 25.7 Å². The summed E-state index contributed by atoms with van der Waals surface area (Å²) in [6.45, 7) is 2.68. The highest BCUT2D eigenvalue weighted by atomic mass is 16.1. The van der Waals surface area contributed by atoms with Crippen LogP contribution in [-0.4, -0.2) is 24.5 Å². The molecule has 1 aliphatic carbocycles. The second kappa shape index (κ2) is 6.55. The number of hydrogen-bond donors (Lipinski definition) is 2. The fourth-order valence-electron chi connectivity index (χ4n) is 2.72. The standard InChI is InChI=1S/C15H23N3O/c1-11-9-13(10-14(16-2)18-11)15(19)17-8-7-12-5-3-4-6-12/h9-10,12H,3-8H2,1-2H3,(H,16,18)(H,17,19). The Morgan fingerprint density at radius 2 is 2.11 bits per heavy atom. The van der Waals surface area contributed by atoms with E-state index in [0.717, 1.165) is 30.4 Å². The second-order valence-corrected chi connectivity index (χ2v) is 5.33. The van der Waals surface area contributed by atoms with Crippen molar-refractivity contribution >= 4 is 11.7 Å². The summed E-state index contributed by atoms with van der Waals surface area (Å²) in [7, 11) is 1.81.